The summed E-state index contributed by atoms with van der Waals surface area (Å²) < 4.78 is 20.0. The lowest BCUT2D eigenvalue weighted by atomic mass is 10.2. The highest BCUT2D eigenvalue weighted by atomic mass is 16.6. The average molecular weight is 398 g/mol. The van der Waals surface area contributed by atoms with E-state index in [1.165, 1.54) is 6.92 Å². The minimum absolute atomic E-state index is 0.0858. The van der Waals surface area contributed by atoms with Crippen LogP contribution in [0.4, 0.5) is 0 Å². The molecule has 2 aromatic carbocycles. The van der Waals surface area contributed by atoms with Crippen LogP contribution in [-0.2, 0) is 41.8 Å². The zero-order chi connectivity index (χ0) is 21.1. The topological polar surface area (TPSA) is 88.1 Å². The van der Waals surface area contributed by atoms with E-state index in [0.717, 1.165) is 5.56 Å². The summed E-state index contributed by atoms with van der Waals surface area (Å²) in [5.41, 5.74) is 1.97. The van der Waals surface area contributed by atoms with Crippen LogP contribution >= 0.6 is 0 Å². The van der Waals surface area contributed by atoms with Crippen molar-refractivity contribution in [3.05, 3.63) is 77.9 Å². The van der Waals surface area contributed by atoms with Gasteiger partial charge in [-0.25, -0.2) is 14.4 Å². The first kappa shape index (κ1) is 21.7. The maximum Gasteiger partial charge on any atom is 0.417 e. The fraction of sp³-hybridized carbons (Fsp3) is 0.227. The molecule has 2 rings (SSSR count). The van der Waals surface area contributed by atoms with Crippen molar-refractivity contribution in [1.82, 2.24) is 0 Å². The fourth-order valence-corrected chi connectivity index (χ4v) is 2.08. The maximum absolute atomic E-state index is 11.6. The molecule has 0 N–H and O–H groups in total. The normalized spacial score (nSPS) is 9.97. The van der Waals surface area contributed by atoms with E-state index in [-0.39, 0.29) is 25.4 Å². The molecule has 0 saturated heterocycles. The first-order chi connectivity index (χ1) is 14.0. The second-order valence-corrected chi connectivity index (χ2v) is 6.05. The van der Waals surface area contributed by atoms with Crippen LogP contribution in [0, 0.1) is 0 Å². The molecule has 0 spiro atoms. The Morgan fingerprint density at radius 2 is 1.28 bits per heavy atom. The second kappa shape index (κ2) is 11.3. The fourth-order valence-electron chi connectivity index (χ4n) is 2.08. The lowest BCUT2D eigenvalue weighted by molar-refractivity contribution is -0.169. The van der Waals surface area contributed by atoms with Crippen LogP contribution in [0.25, 0.3) is 0 Å². The van der Waals surface area contributed by atoms with E-state index in [4.69, 9.17) is 14.2 Å². The Labute approximate surface area is 168 Å². The van der Waals surface area contributed by atoms with Crippen LogP contribution in [0.15, 0.2) is 66.7 Å². The summed E-state index contributed by atoms with van der Waals surface area (Å²) in [6.07, 6.45) is 0. The molecule has 0 aliphatic heterocycles. The lowest BCUT2D eigenvalue weighted by Gasteiger charge is -2.08. The van der Waals surface area contributed by atoms with Crippen molar-refractivity contribution in [3.8, 4) is 5.75 Å². The van der Waals surface area contributed by atoms with Crippen LogP contribution in [0.1, 0.15) is 18.1 Å². The smallest absolute Gasteiger partial charge is 0.417 e. The van der Waals surface area contributed by atoms with Crippen LogP contribution < -0.4 is 4.74 Å². The number of rotatable bonds is 9. The molecule has 0 radical (unpaired) electrons. The maximum atomic E-state index is 11.6. The zero-order valence-corrected chi connectivity index (χ0v) is 16.1. The number of hydrogen-bond acceptors (Lipinski definition) is 7. The van der Waals surface area contributed by atoms with Gasteiger partial charge >= 0.3 is 17.9 Å². The molecule has 29 heavy (non-hydrogen) atoms. The molecule has 2 aromatic rings. The third-order valence-corrected chi connectivity index (χ3v) is 3.61. The zero-order valence-electron chi connectivity index (χ0n) is 16.1. The van der Waals surface area contributed by atoms with Gasteiger partial charge in [0, 0.05) is 5.57 Å². The van der Waals surface area contributed by atoms with Gasteiger partial charge in [0.05, 0.1) is 0 Å². The second-order valence-electron chi connectivity index (χ2n) is 6.05. The van der Waals surface area contributed by atoms with E-state index in [1.54, 1.807) is 24.3 Å². The van der Waals surface area contributed by atoms with Crippen LogP contribution in [0.2, 0.25) is 0 Å². The predicted octanol–water partition coefficient (Wildman–Crippen LogP) is 2.97. The van der Waals surface area contributed by atoms with Crippen LogP contribution in [0.3, 0.4) is 0 Å². The predicted molar refractivity (Wildman–Crippen MR) is 104 cm³/mol. The van der Waals surface area contributed by atoms with Gasteiger partial charge in [0.15, 0.2) is 0 Å². The highest BCUT2D eigenvalue weighted by Gasteiger charge is 2.17. The van der Waals surface area contributed by atoms with E-state index < -0.39 is 17.9 Å². The third kappa shape index (κ3) is 7.88. The monoisotopic (exact) mass is 398 g/mol. The summed E-state index contributed by atoms with van der Waals surface area (Å²) in [5, 5.41) is 0. The van der Waals surface area contributed by atoms with Crippen molar-refractivity contribution in [2.45, 2.75) is 20.1 Å². The van der Waals surface area contributed by atoms with E-state index in [0.29, 0.717) is 17.9 Å². The van der Waals surface area contributed by atoms with Gasteiger partial charge in [-0.2, -0.15) is 0 Å². The SMILES string of the molecule is C=C(C)C(=O)OCCOC(=O)C(=O)OCc1ccc(OCc2ccccc2)cc1. The molecule has 0 unspecified atom stereocenters. The number of benzene rings is 2. The number of hydrogen-bond donors (Lipinski definition) is 0. The molecule has 0 amide bonds. The van der Waals surface area contributed by atoms with Crippen molar-refractivity contribution in [3.63, 3.8) is 0 Å². The van der Waals surface area contributed by atoms with Gasteiger partial charge in [-0.1, -0.05) is 49.0 Å². The van der Waals surface area contributed by atoms with Gasteiger partial charge < -0.3 is 18.9 Å². The van der Waals surface area contributed by atoms with E-state index in [2.05, 4.69) is 11.3 Å². The number of ether oxygens (including phenoxy) is 4. The highest BCUT2D eigenvalue weighted by Crippen LogP contribution is 2.15. The van der Waals surface area contributed by atoms with E-state index >= 15 is 0 Å². The third-order valence-electron chi connectivity index (χ3n) is 3.61. The Kier molecular flexibility index (Phi) is 8.44. The summed E-state index contributed by atoms with van der Waals surface area (Å²) in [6.45, 7) is 4.85. The summed E-state index contributed by atoms with van der Waals surface area (Å²) >= 11 is 0. The average Bonchev–Trinajstić information content (AvgIpc) is 2.74. The molecule has 0 atom stereocenters. The van der Waals surface area contributed by atoms with Gasteiger partial charge in [0.25, 0.3) is 0 Å². The van der Waals surface area contributed by atoms with Crippen molar-refractivity contribution in [2.24, 2.45) is 0 Å². The van der Waals surface area contributed by atoms with Crippen molar-refractivity contribution >= 4 is 17.9 Å². The van der Waals surface area contributed by atoms with Crippen molar-refractivity contribution < 1.29 is 33.3 Å². The van der Waals surface area contributed by atoms with E-state index in [9.17, 15) is 14.4 Å². The van der Waals surface area contributed by atoms with Gasteiger partial charge in [-0.3, -0.25) is 0 Å². The first-order valence-electron chi connectivity index (χ1n) is 8.88. The van der Waals surface area contributed by atoms with E-state index in [1.807, 2.05) is 30.3 Å². The Morgan fingerprint density at radius 3 is 1.90 bits per heavy atom. The summed E-state index contributed by atoms with van der Waals surface area (Å²) in [6, 6.07) is 16.7. The Morgan fingerprint density at radius 1 is 0.724 bits per heavy atom. The minimum atomic E-state index is -1.15. The van der Waals surface area contributed by atoms with Crippen LogP contribution in [-0.4, -0.2) is 31.1 Å². The van der Waals surface area contributed by atoms with Gasteiger partial charge in [0.2, 0.25) is 0 Å². The molecule has 0 bridgehead atoms. The molecule has 0 aromatic heterocycles. The van der Waals surface area contributed by atoms with Gasteiger partial charge in [0.1, 0.15) is 32.2 Å². The summed E-state index contributed by atoms with van der Waals surface area (Å²) in [5.74, 6) is -2.20. The van der Waals surface area contributed by atoms with Crippen molar-refractivity contribution in [2.75, 3.05) is 13.2 Å². The van der Waals surface area contributed by atoms with Crippen LogP contribution in [0.5, 0.6) is 5.75 Å². The van der Waals surface area contributed by atoms with Crippen molar-refractivity contribution in [1.29, 1.82) is 0 Å². The molecule has 152 valence electrons. The Bertz CT molecular complexity index is 841. The largest absolute Gasteiger partial charge is 0.489 e. The molecule has 0 saturated carbocycles. The van der Waals surface area contributed by atoms with Gasteiger partial charge in [-0.05, 0) is 30.2 Å². The molecule has 0 aliphatic rings. The summed E-state index contributed by atoms with van der Waals surface area (Å²) in [4.78, 5) is 34.3. The molecule has 7 nitrogen and oxygen atoms in total. The molecule has 7 heteroatoms. The summed E-state index contributed by atoms with van der Waals surface area (Å²) in [7, 11) is 0. The molecule has 0 fully saturated rings. The van der Waals surface area contributed by atoms with Gasteiger partial charge in [-0.15, -0.1) is 0 Å². The standard InChI is InChI=1S/C22H22O7/c1-16(2)20(23)26-12-13-27-21(24)22(25)29-15-18-8-10-19(11-9-18)28-14-17-6-4-3-5-7-17/h3-11H,1,12-15H2,2H3. The molecule has 0 heterocycles. The number of carbonyl (C=O) groups excluding carboxylic acids is 3. The molecular weight excluding hydrogens is 376 g/mol. The number of carbonyl (C=O) groups is 3. The minimum Gasteiger partial charge on any atom is -0.489 e. The Balaban J connectivity index is 1.67. The quantitative estimate of drug-likeness (QED) is 0.211. The highest BCUT2D eigenvalue weighted by molar-refractivity contribution is 6.29. The lowest BCUT2D eigenvalue weighted by Crippen LogP contribution is -2.22. The molecule has 0 aliphatic carbocycles. The number of esters is 3. The first-order valence-corrected chi connectivity index (χ1v) is 8.88. The Hall–Kier alpha value is -3.61. The molecular formula is C22H22O7.